The molecule has 0 radical (unpaired) electrons. The SMILES string of the molecule is CCCCC1CCC(C(=O)N2CCCC(C(=O)NC3CC3)C2)CC1. The molecular formula is C20H34N2O2. The highest BCUT2D eigenvalue weighted by Gasteiger charge is 2.35. The van der Waals surface area contributed by atoms with Crippen LogP contribution in [-0.4, -0.2) is 35.8 Å². The van der Waals surface area contributed by atoms with E-state index in [-0.39, 0.29) is 17.7 Å². The van der Waals surface area contributed by atoms with Gasteiger partial charge in [0.05, 0.1) is 5.92 Å². The van der Waals surface area contributed by atoms with Crippen LogP contribution in [-0.2, 0) is 9.59 Å². The zero-order chi connectivity index (χ0) is 16.9. The van der Waals surface area contributed by atoms with E-state index in [9.17, 15) is 9.59 Å². The Balaban J connectivity index is 1.45. The smallest absolute Gasteiger partial charge is 0.225 e. The second-order valence-electron chi connectivity index (χ2n) is 8.27. The van der Waals surface area contributed by atoms with E-state index >= 15 is 0 Å². The van der Waals surface area contributed by atoms with Crippen molar-refractivity contribution in [1.82, 2.24) is 10.2 Å². The molecule has 1 atom stereocenters. The summed E-state index contributed by atoms with van der Waals surface area (Å²) in [4.78, 5) is 27.2. The molecule has 3 fully saturated rings. The Morgan fingerprint density at radius 3 is 2.42 bits per heavy atom. The fraction of sp³-hybridized carbons (Fsp3) is 0.900. The van der Waals surface area contributed by atoms with Crippen molar-refractivity contribution in [3.05, 3.63) is 0 Å². The zero-order valence-corrected chi connectivity index (χ0v) is 15.3. The van der Waals surface area contributed by atoms with Gasteiger partial charge < -0.3 is 10.2 Å². The van der Waals surface area contributed by atoms with Gasteiger partial charge in [-0.05, 0) is 57.3 Å². The van der Waals surface area contributed by atoms with Crippen molar-refractivity contribution in [2.45, 2.75) is 83.6 Å². The lowest BCUT2D eigenvalue weighted by Crippen LogP contribution is -2.48. The first-order valence-electron chi connectivity index (χ1n) is 10.3. The van der Waals surface area contributed by atoms with Crippen molar-refractivity contribution in [2.75, 3.05) is 13.1 Å². The van der Waals surface area contributed by atoms with E-state index in [1.54, 1.807) is 0 Å². The highest BCUT2D eigenvalue weighted by Crippen LogP contribution is 2.33. The quantitative estimate of drug-likeness (QED) is 0.808. The fourth-order valence-corrected chi connectivity index (χ4v) is 4.39. The van der Waals surface area contributed by atoms with Crippen LogP contribution in [0.1, 0.15) is 77.6 Å². The minimum atomic E-state index is 0.0178. The van der Waals surface area contributed by atoms with Gasteiger partial charge in [0.25, 0.3) is 0 Å². The minimum absolute atomic E-state index is 0.0178. The number of nitrogens with zero attached hydrogens (tertiary/aromatic N) is 1. The molecule has 4 heteroatoms. The van der Waals surface area contributed by atoms with E-state index in [2.05, 4.69) is 12.2 Å². The summed E-state index contributed by atoms with van der Waals surface area (Å²) in [5.74, 6) is 1.58. The number of carbonyl (C=O) groups is 2. The molecule has 2 saturated carbocycles. The summed E-state index contributed by atoms with van der Waals surface area (Å²) in [5, 5.41) is 3.11. The molecule has 4 nitrogen and oxygen atoms in total. The van der Waals surface area contributed by atoms with E-state index in [1.165, 1.54) is 32.1 Å². The molecule has 3 aliphatic rings. The first-order chi connectivity index (χ1) is 11.7. The molecule has 1 saturated heterocycles. The number of hydrogen-bond donors (Lipinski definition) is 1. The second-order valence-corrected chi connectivity index (χ2v) is 8.27. The monoisotopic (exact) mass is 334 g/mol. The molecule has 2 aliphatic carbocycles. The molecule has 3 rings (SSSR count). The summed E-state index contributed by atoms with van der Waals surface area (Å²) in [7, 11) is 0. The lowest BCUT2D eigenvalue weighted by Gasteiger charge is -2.36. The van der Waals surface area contributed by atoms with Gasteiger partial charge in [-0.1, -0.05) is 26.2 Å². The third kappa shape index (κ3) is 4.73. The topological polar surface area (TPSA) is 49.4 Å². The average Bonchev–Trinajstić information content (AvgIpc) is 3.44. The number of nitrogens with one attached hydrogen (secondary N) is 1. The van der Waals surface area contributed by atoms with Crippen molar-refractivity contribution in [3.63, 3.8) is 0 Å². The van der Waals surface area contributed by atoms with Crippen LogP contribution in [0.5, 0.6) is 0 Å². The van der Waals surface area contributed by atoms with Crippen LogP contribution in [0.25, 0.3) is 0 Å². The summed E-state index contributed by atoms with van der Waals surface area (Å²) < 4.78 is 0. The molecule has 0 aromatic carbocycles. The van der Waals surface area contributed by atoms with Crippen molar-refractivity contribution in [1.29, 1.82) is 0 Å². The lowest BCUT2D eigenvalue weighted by molar-refractivity contribution is -0.140. The van der Waals surface area contributed by atoms with Crippen LogP contribution in [0.2, 0.25) is 0 Å². The Hall–Kier alpha value is -1.06. The zero-order valence-electron chi connectivity index (χ0n) is 15.3. The largest absolute Gasteiger partial charge is 0.353 e. The van der Waals surface area contributed by atoms with Gasteiger partial charge in [-0.15, -0.1) is 0 Å². The molecule has 136 valence electrons. The minimum Gasteiger partial charge on any atom is -0.353 e. The average molecular weight is 335 g/mol. The Kier molecular flexibility index (Phi) is 6.18. The molecule has 0 spiro atoms. The molecule has 2 amide bonds. The van der Waals surface area contributed by atoms with Gasteiger partial charge in [-0.2, -0.15) is 0 Å². The third-order valence-electron chi connectivity index (χ3n) is 6.19. The van der Waals surface area contributed by atoms with Gasteiger partial charge in [0, 0.05) is 25.0 Å². The molecule has 1 N–H and O–H groups in total. The van der Waals surface area contributed by atoms with Crippen LogP contribution in [0.4, 0.5) is 0 Å². The first-order valence-corrected chi connectivity index (χ1v) is 10.3. The number of unbranched alkanes of at least 4 members (excludes halogenated alkanes) is 1. The highest BCUT2D eigenvalue weighted by atomic mass is 16.2. The maximum absolute atomic E-state index is 12.9. The first kappa shape index (κ1) is 17.8. The Labute approximate surface area is 146 Å². The number of likely N-dealkylation sites (tertiary alicyclic amines) is 1. The normalized spacial score (nSPS) is 30.9. The van der Waals surface area contributed by atoms with Crippen LogP contribution in [0.15, 0.2) is 0 Å². The van der Waals surface area contributed by atoms with E-state index in [0.29, 0.717) is 18.5 Å². The van der Waals surface area contributed by atoms with E-state index in [4.69, 9.17) is 0 Å². The second kappa shape index (κ2) is 8.35. The van der Waals surface area contributed by atoms with Crippen LogP contribution >= 0.6 is 0 Å². The summed E-state index contributed by atoms with van der Waals surface area (Å²) in [6.45, 7) is 3.75. The van der Waals surface area contributed by atoms with Crippen LogP contribution in [0.3, 0.4) is 0 Å². The van der Waals surface area contributed by atoms with Crippen molar-refractivity contribution in [3.8, 4) is 0 Å². The van der Waals surface area contributed by atoms with Gasteiger partial charge in [-0.3, -0.25) is 9.59 Å². The summed E-state index contributed by atoms with van der Waals surface area (Å²) in [6, 6.07) is 0.418. The van der Waals surface area contributed by atoms with Crippen molar-refractivity contribution >= 4 is 11.8 Å². The van der Waals surface area contributed by atoms with Gasteiger partial charge in [-0.25, -0.2) is 0 Å². The fourth-order valence-electron chi connectivity index (χ4n) is 4.39. The lowest BCUT2D eigenvalue weighted by atomic mass is 9.79. The number of rotatable bonds is 6. The van der Waals surface area contributed by atoms with Crippen LogP contribution < -0.4 is 5.32 Å². The van der Waals surface area contributed by atoms with E-state index in [1.807, 2.05) is 4.90 Å². The third-order valence-corrected chi connectivity index (χ3v) is 6.19. The van der Waals surface area contributed by atoms with Crippen LogP contribution in [0, 0.1) is 17.8 Å². The van der Waals surface area contributed by atoms with Gasteiger partial charge >= 0.3 is 0 Å². The number of amides is 2. The Bertz CT molecular complexity index is 439. The predicted octanol–water partition coefficient (Wildman–Crippen LogP) is 3.50. The van der Waals surface area contributed by atoms with Crippen molar-refractivity contribution < 1.29 is 9.59 Å². The number of piperidine rings is 1. The van der Waals surface area contributed by atoms with E-state index < -0.39 is 0 Å². The highest BCUT2D eigenvalue weighted by molar-refractivity contribution is 5.82. The maximum atomic E-state index is 12.9. The molecule has 1 aliphatic heterocycles. The van der Waals surface area contributed by atoms with Gasteiger partial charge in [0.1, 0.15) is 0 Å². The standard InChI is InChI=1S/C20H34N2O2/c1-2-3-5-15-7-9-16(10-8-15)20(24)22-13-4-6-17(14-22)19(23)21-18-11-12-18/h15-18H,2-14H2,1H3,(H,21,23). The molecular weight excluding hydrogens is 300 g/mol. The van der Waals surface area contributed by atoms with Gasteiger partial charge in [0.2, 0.25) is 11.8 Å². The maximum Gasteiger partial charge on any atom is 0.225 e. The Morgan fingerprint density at radius 1 is 1.00 bits per heavy atom. The van der Waals surface area contributed by atoms with Crippen molar-refractivity contribution in [2.24, 2.45) is 17.8 Å². The van der Waals surface area contributed by atoms with Gasteiger partial charge in [0.15, 0.2) is 0 Å². The molecule has 1 unspecified atom stereocenters. The molecule has 0 aromatic rings. The summed E-state index contributed by atoms with van der Waals surface area (Å²) in [5.41, 5.74) is 0. The molecule has 24 heavy (non-hydrogen) atoms. The summed E-state index contributed by atoms with van der Waals surface area (Å²) in [6.07, 6.45) is 12.7. The molecule has 1 heterocycles. The number of carbonyl (C=O) groups excluding carboxylic acids is 2. The van der Waals surface area contributed by atoms with E-state index in [0.717, 1.165) is 51.0 Å². The number of hydrogen-bond acceptors (Lipinski definition) is 2. The molecule has 0 aromatic heterocycles. The molecule has 0 bridgehead atoms. The Morgan fingerprint density at radius 2 is 1.75 bits per heavy atom. The summed E-state index contributed by atoms with van der Waals surface area (Å²) >= 11 is 0. The predicted molar refractivity (Wildman–Crippen MR) is 95.4 cm³/mol.